The Morgan fingerprint density at radius 3 is 2.42 bits per heavy atom. The summed E-state index contributed by atoms with van der Waals surface area (Å²) >= 11 is 5.85. The average Bonchev–Trinajstić information content (AvgIpc) is 2.64. The largest absolute Gasteiger partial charge is 0.478 e. The maximum absolute atomic E-state index is 12.7. The molecule has 2 heterocycles. The summed E-state index contributed by atoms with van der Waals surface area (Å²) in [5.74, 6) is -0.778. The zero-order valence-corrected chi connectivity index (χ0v) is 15.1. The van der Waals surface area contributed by atoms with E-state index >= 15 is 0 Å². The number of halogens is 1. The number of piperidine rings is 1. The second-order valence-corrected chi connectivity index (χ2v) is 6.75. The second-order valence-electron chi connectivity index (χ2n) is 6.32. The smallest absolute Gasteiger partial charge is 0.348 e. The molecule has 0 radical (unpaired) electrons. The number of benzene rings is 1. The Bertz CT molecular complexity index is 815. The third-order valence-electron chi connectivity index (χ3n) is 4.59. The summed E-state index contributed by atoms with van der Waals surface area (Å²) in [7, 11) is 0. The molecule has 0 aliphatic carbocycles. The highest BCUT2D eigenvalue weighted by molar-refractivity contribution is 6.30. The summed E-state index contributed by atoms with van der Waals surface area (Å²) in [4.78, 5) is 30.3. The zero-order valence-electron chi connectivity index (χ0n) is 14.3. The Morgan fingerprint density at radius 1 is 1.19 bits per heavy atom. The third kappa shape index (κ3) is 3.65. The minimum atomic E-state index is -1.36. The van der Waals surface area contributed by atoms with Crippen molar-refractivity contribution in [1.29, 1.82) is 0 Å². The van der Waals surface area contributed by atoms with Gasteiger partial charge in [0.2, 0.25) is 5.60 Å². The second kappa shape index (κ2) is 7.33. The molecule has 1 aromatic carbocycles. The molecule has 2 aromatic rings. The Hall–Kier alpha value is -2.60. The van der Waals surface area contributed by atoms with E-state index in [-0.39, 0.29) is 31.8 Å². The molecule has 26 heavy (non-hydrogen) atoms. The lowest BCUT2D eigenvalue weighted by Crippen LogP contribution is -2.54. The first-order valence-electron chi connectivity index (χ1n) is 8.30. The monoisotopic (exact) mass is 374 g/mol. The molecule has 1 aromatic heterocycles. The molecule has 136 valence electrons. The molecule has 0 atom stereocenters. The number of carboxylic acid groups (broad SMARTS) is 1. The quantitative estimate of drug-likeness (QED) is 0.889. The summed E-state index contributed by atoms with van der Waals surface area (Å²) in [5.41, 5.74) is -0.164. The predicted octanol–water partition coefficient (Wildman–Crippen LogP) is 3.18. The van der Waals surface area contributed by atoms with E-state index in [0.717, 1.165) is 5.56 Å². The number of aromatic nitrogens is 1. The number of pyridine rings is 1. The minimum Gasteiger partial charge on any atom is -0.478 e. The van der Waals surface area contributed by atoms with Crippen molar-refractivity contribution < 1.29 is 19.4 Å². The number of carboxylic acids is 1. The Balaban J connectivity index is 1.73. The van der Waals surface area contributed by atoms with E-state index in [1.54, 1.807) is 41.4 Å². The van der Waals surface area contributed by atoms with Crippen molar-refractivity contribution in [2.45, 2.75) is 25.4 Å². The van der Waals surface area contributed by atoms with Crippen LogP contribution in [0.1, 0.15) is 28.9 Å². The predicted molar refractivity (Wildman–Crippen MR) is 96.6 cm³/mol. The first-order valence-corrected chi connectivity index (χ1v) is 8.68. The summed E-state index contributed by atoms with van der Waals surface area (Å²) < 4.78 is 5.81. The topological polar surface area (TPSA) is 79.7 Å². The Kier molecular flexibility index (Phi) is 5.13. The van der Waals surface area contributed by atoms with E-state index in [2.05, 4.69) is 4.98 Å². The number of ether oxygens (including phenoxy) is 1. The summed E-state index contributed by atoms with van der Waals surface area (Å²) in [6.45, 7) is 2.40. The van der Waals surface area contributed by atoms with Gasteiger partial charge in [-0.3, -0.25) is 9.78 Å². The normalized spacial score (nSPS) is 16.2. The van der Waals surface area contributed by atoms with Crippen LogP contribution in [0.25, 0.3) is 0 Å². The van der Waals surface area contributed by atoms with E-state index in [1.165, 1.54) is 0 Å². The van der Waals surface area contributed by atoms with Gasteiger partial charge in [0.15, 0.2) is 0 Å². The third-order valence-corrected chi connectivity index (χ3v) is 4.84. The van der Waals surface area contributed by atoms with Crippen LogP contribution in [0, 0.1) is 6.92 Å². The molecule has 1 aliphatic heterocycles. The fourth-order valence-corrected chi connectivity index (χ4v) is 3.14. The molecule has 1 amide bonds. The number of hydrogen-bond donors (Lipinski definition) is 1. The van der Waals surface area contributed by atoms with Crippen molar-refractivity contribution in [3.8, 4) is 5.75 Å². The number of likely N-dealkylation sites (tertiary alicyclic amines) is 1. The molecule has 0 bridgehead atoms. The zero-order chi connectivity index (χ0) is 18.7. The van der Waals surface area contributed by atoms with Gasteiger partial charge in [-0.05, 0) is 42.8 Å². The van der Waals surface area contributed by atoms with E-state index in [0.29, 0.717) is 16.5 Å². The van der Waals surface area contributed by atoms with Gasteiger partial charge in [-0.15, -0.1) is 0 Å². The molecule has 0 unspecified atom stereocenters. The maximum atomic E-state index is 12.7. The number of hydrogen-bond acceptors (Lipinski definition) is 4. The van der Waals surface area contributed by atoms with Crippen LogP contribution in [0.3, 0.4) is 0 Å². The highest BCUT2D eigenvalue weighted by Crippen LogP contribution is 2.30. The summed E-state index contributed by atoms with van der Waals surface area (Å²) in [6.07, 6.45) is 1.97. The van der Waals surface area contributed by atoms with Crippen LogP contribution in [0.2, 0.25) is 5.02 Å². The van der Waals surface area contributed by atoms with Crippen LogP contribution in [-0.4, -0.2) is 45.6 Å². The first-order chi connectivity index (χ1) is 12.4. The van der Waals surface area contributed by atoms with Crippen molar-refractivity contribution in [2.75, 3.05) is 13.1 Å². The molecule has 1 fully saturated rings. The van der Waals surface area contributed by atoms with Crippen molar-refractivity contribution in [2.24, 2.45) is 0 Å². The van der Waals surface area contributed by atoms with E-state index in [9.17, 15) is 14.7 Å². The lowest BCUT2D eigenvalue weighted by atomic mass is 9.90. The van der Waals surface area contributed by atoms with Gasteiger partial charge in [0, 0.05) is 37.2 Å². The average molecular weight is 375 g/mol. The molecule has 0 saturated carbocycles. The number of aryl methyl sites for hydroxylation is 1. The van der Waals surface area contributed by atoms with Crippen molar-refractivity contribution in [1.82, 2.24) is 9.88 Å². The van der Waals surface area contributed by atoms with Crippen LogP contribution in [0.4, 0.5) is 0 Å². The van der Waals surface area contributed by atoms with Crippen LogP contribution < -0.4 is 4.74 Å². The van der Waals surface area contributed by atoms with Crippen LogP contribution >= 0.6 is 11.6 Å². The molecule has 6 nitrogen and oxygen atoms in total. The van der Waals surface area contributed by atoms with Gasteiger partial charge in [-0.25, -0.2) is 4.79 Å². The fraction of sp³-hybridized carbons (Fsp3) is 0.316. The molecular formula is C19H19ClN2O4. The van der Waals surface area contributed by atoms with E-state index in [1.807, 2.05) is 13.0 Å². The number of carbonyl (C=O) groups is 2. The first kappa shape index (κ1) is 18.2. The van der Waals surface area contributed by atoms with Crippen molar-refractivity contribution in [3.05, 3.63) is 58.9 Å². The highest BCUT2D eigenvalue weighted by atomic mass is 35.5. The number of carbonyl (C=O) groups excluding carboxylic acids is 1. The van der Waals surface area contributed by atoms with Gasteiger partial charge in [-0.2, -0.15) is 0 Å². The molecule has 1 N–H and O–H groups in total. The molecule has 7 heteroatoms. The summed E-state index contributed by atoms with van der Waals surface area (Å²) in [5, 5.41) is 10.3. The molecule has 1 saturated heterocycles. The number of amides is 1. The fourth-order valence-electron chi connectivity index (χ4n) is 3.02. The van der Waals surface area contributed by atoms with Gasteiger partial charge in [0.1, 0.15) is 11.4 Å². The van der Waals surface area contributed by atoms with Crippen LogP contribution in [0.15, 0.2) is 42.6 Å². The van der Waals surface area contributed by atoms with Crippen molar-refractivity contribution in [3.63, 3.8) is 0 Å². The van der Waals surface area contributed by atoms with Gasteiger partial charge >= 0.3 is 5.97 Å². The maximum Gasteiger partial charge on any atom is 0.348 e. The van der Waals surface area contributed by atoms with Gasteiger partial charge in [0.25, 0.3) is 5.91 Å². The standard InChI is InChI=1S/C19H19ClN2O4/c1-13-3-2-10-21-16(13)17(23)22-11-8-19(9-12-22,18(24)25)26-15-6-4-14(20)5-7-15/h2-7,10H,8-9,11-12H2,1H3,(H,24,25). The van der Waals surface area contributed by atoms with E-state index in [4.69, 9.17) is 16.3 Å². The number of rotatable bonds is 4. The van der Waals surface area contributed by atoms with Gasteiger partial charge < -0.3 is 14.7 Å². The highest BCUT2D eigenvalue weighted by Gasteiger charge is 2.45. The SMILES string of the molecule is Cc1cccnc1C(=O)N1CCC(Oc2ccc(Cl)cc2)(C(=O)O)CC1. The minimum absolute atomic E-state index is 0.186. The Labute approximate surface area is 156 Å². The van der Waals surface area contributed by atoms with Crippen molar-refractivity contribution >= 4 is 23.5 Å². The lowest BCUT2D eigenvalue weighted by molar-refractivity contribution is -0.159. The van der Waals surface area contributed by atoms with Gasteiger partial charge in [0.05, 0.1) is 0 Å². The molecular weight excluding hydrogens is 356 g/mol. The van der Waals surface area contributed by atoms with Crippen LogP contribution in [-0.2, 0) is 4.79 Å². The molecule has 0 spiro atoms. The molecule has 3 rings (SSSR count). The number of aliphatic carboxylic acids is 1. The number of nitrogens with zero attached hydrogens (tertiary/aromatic N) is 2. The van der Waals surface area contributed by atoms with E-state index < -0.39 is 11.6 Å². The van der Waals surface area contributed by atoms with Gasteiger partial charge in [-0.1, -0.05) is 17.7 Å². The lowest BCUT2D eigenvalue weighted by Gasteiger charge is -2.38. The molecule has 1 aliphatic rings. The Morgan fingerprint density at radius 2 is 1.85 bits per heavy atom. The summed E-state index contributed by atoms with van der Waals surface area (Å²) in [6, 6.07) is 10.2. The van der Waals surface area contributed by atoms with Crippen LogP contribution in [0.5, 0.6) is 5.75 Å².